The zero-order valence-corrected chi connectivity index (χ0v) is 16.1. The van der Waals surface area contributed by atoms with Gasteiger partial charge in [0.25, 0.3) is 0 Å². The number of benzene rings is 1. The van der Waals surface area contributed by atoms with Crippen molar-refractivity contribution in [2.24, 2.45) is 7.05 Å². The fourth-order valence-electron chi connectivity index (χ4n) is 3.68. The van der Waals surface area contributed by atoms with E-state index in [1.807, 2.05) is 30.1 Å². The Kier molecular flexibility index (Phi) is 5.04. The summed E-state index contributed by atoms with van der Waals surface area (Å²) in [5.41, 5.74) is 3.59. The highest BCUT2D eigenvalue weighted by Gasteiger charge is 2.26. The molecule has 0 spiro atoms. The second kappa shape index (κ2) is 7.60. The minimum absolute atomic E-state index is 0.433. The number of aryl methyl sites for hydroxylation is 1. The lowest BCUT2D eigenvalue weighted by Gasteiger charge is -2.35. The molecule has 0 N–H and O–H groups in total. The molecule has 3 aromatic rings. The van der Waals surface area contributed by atoms with E-state index in [4.69, 9.17) is 9.72 Å². The van der Waals surface area contributed by atoms with Gasteiger partial charge in [0, 0.05) is 30.7 Å². The highest BCUT2D eigenvalue weighted by Crippen LogP contribution is 2.33. The van der Waals surface area contributed by atoms with Crippen LogP contribution in [-0.2, 0) is 13.6 Å². The van der Waals surface area contributed by atoms with Crippen molar-refractivity contribution in [2.75, 3.05) is 13.7 Å². The molecule has 0 aliphatic carbocycles. The van der Waals surface area contributed by atoms with E-state index in [2.05, 4.69) is 33.6 Å². The van der Waals surface area contributed by atoms with Crippen molar-refractivity contribution in [3.63, 3.8) is 0 Å². The molecule has 5 nitrogen and oxygen atoms in total. The van der Waals surface area contributed by atoms with Crippen molar-refractivity contribution in [1.29, 1.82) is 0 Å². The van der Waals surface area contributed by atoms with Gasteiger partial charge in [-0.15, -0.1) is 11.3 Å². The van der Waals surface area contributed by atoms with E-state index in [0.29, 0.717) is 6.04 Å². The smallest absolute Gasteiger partial charge is 0.123 e. The van der Waals surface area contributed by atoms with Crippen LogP contribution in [0.1, 0.15) is 36.7 Å². The lowest BCUT2D eigenvalue weighted by Crippen LogP contribution is -2.34. The lowest BCUT2D eigenvalue weighted by atomic mass is 9.99. The molecule has 1 aromatic carbocycles. The van der Waals surface area contributed by atoms with Crippen molar-refractivity contribution < 1.29 is 4.74 Å². The van der Waals surface area contributed by atoms with Gasteiger partial charge < -0.3 is 4.74 Å². The SMILES string of the molecule is COc1ccc(-c2nc(CN3CCCC[C@@H]3c3ccnn3C)cs2)cc1. The molecule has 6 heteroatoms. The number of thiazole rings is 1. The van der Waals surface area contributed by atoms with Gasteiger partial charge in [0.2, 0.25) is 0 Å². The van der Waals surface area contributed by atoms with E-state index in [9.17, 15) is 0 Å². The van der Waals surface area contributed by atoms with Crippen LogP contribution in [-0.4, -0.2) is 33.3 Å². The van der Waals surface area contributed by atoms with E-state index in [0.717, 1.165) is 35.1 Å². The molecular weight excluding hydrogens is 344 g/mol. The third-order valence-electron chi connectivity index (χ3n) is 5.07. The number of piperidine rings is 1. The number of rotatable bonds is 5. The molecule has 1 aliphatic heterocycles. The first-order valence-corrected chi connectivity index (χ1v) is 9.93. The minimum Gasteiger partial charge on any atom is -0.497 e. The highest BCUT2D eigenvalue weighted by atomic mass is 32.1. The number of aromatic nitrogens is 3. The van der Waals surface area contributed by atoms with E-state index >= 15 is 0 Å². The molecule has 0 amide bonds. The number of likely N-dealkylation sites (tertiary alicyclic amines) is 1. The lowest BCUT2D eigenvalue weighted by molar-refractivity contribution is 0.132. The zero-order chi connectivity index (χ0) is 17.9. The first-order valence-electron chi connectivity index (χ1n) is 9.05. The molecular formula is C20H24N4OS. The fourth-order valence-corrected chi connectivity index (χ4v) is 4.50. The van der Waals surface area contributed by atoms with Gasteiger partial charge in [-0.1, -0.05) is 6.42 Å². The molecule has 4 rings (SSSR count). The summed E-state index contributed by atoms with van der Waals surface area (Å²) in [5.74, 6) is 0.873. The van der Waals surface area contributed by atoms with Gasteiger partial charge in [-0.3, -0.25) is 9.58 Å². The quantitative estimate of drug-likeness (QED) is 0.674. The summed E-state index contributed by atoms with van der Waals surface area (Å²) >= 11 is 1.71. The largest absolute Gasteiger partial charge is 0.497 e. The first kappa shape index (κ1) is 17.2. The number of methoxy groups -OCH3 is 1. The minimum atomic E-state index is 0.433. The Morgan fingerprint density at radius 2 is 2.04 bits per heavy atom. The van der Waals surface area contributed by atoms with Crippen molar-refractivity contribution in [1.82, 2.24) is 19.7 Å². The van der Waals surface area contributed by atoms with Crippen LogP contribution < -0.4 is 4.74 Å². The second-order valence-corrected chi connectivity index (χ2v) is 7.59. The molecule has 2 aromatic heterocycles. The maximum Gasteiger partial charge on any atom is 0.123 e. The van der Waals surface area contributed by atoms with Gasteiger partial charge in [0.05, 0.1) is 24.5 Å². The number of nitrogens with zero attached hydrogens (tertiary/aromatic N) is 4. The first-order chi connectivity index (χ1) is 12.7. The average molecular weight is 369 g/mol. The van der Waals surface area contributed by atoms with E-state index in [1.165, 1.54) is 25.0 Å². The Bertz CT molecular complexity index is 855. The Morgan fingerprint density at radius 3 is 2.77 bits per heavy atom. The number of ether oxygens (including phenoxy) is 1. The molecule has 1 atom stereocenters. The molecule has 0 radical (unpaired) electrons. The standard InChI is InChI=1S/C20H24N4OS/c1-23-18(10-11-21-23)19-5-3-4-12-24(19)13-16-14-26-20(22-16)15-6-8-17(25-2)9-7-15/h6-11,14,19H,3-5,12-13H2,1-2H3/t19-/m1/s1. The molecule has 0 unspecified atom stereocenters. The zero-order valence-electron chi connectivity index (χ0n) is 15.3. The third-order valence-corrected chi connectivity index (χ3v) is 6.01. The normalized spacial score (nSPS) is 18.2. The molecule has 0 saturated carbocycles. The Hall–Kier alpha value is -2.18. The van der Waals surface area contributed by atoms with Crippen molar-refractivity contribution in [3.8, 4) is 16.3 Å². The fraction of sp³-hybridized carbons (Fsp3) is 0.400. The highest BCUT2D eigenvalue weighted by molar-refractivity contribution is 7.13. The molecule has 1 aliphatic rings. The summed E-state index contributed by atoms with van der Waals surface area (Å²) in [6.45, 7) is 2.01. The maximum atomic E-state index is 5.24. The van der Waals surface area contributed by atoms with Crippen LogP contribution in [0.5, 0.6) is 5.75 Å². The number of hydrogen-bond acceptors (Lipinski definition) is 5. The maximum absolute atomic E-state index is 5.24. The monoisotopic (exact) mass is 368 g/mol. The van der Waals surface area contributed by atoms with E-state index in [-0.39, 0.29) is 0 Å². The van der Waals surface area contributed by atoms with Crippen LogP contribution in [0, 0.1) is 0 Å². The van der Waals surface area contributed by atoms with Crippen LogP contribution in [0.4, 0.5) is 0 Å². The van der Waals surface area contributed by atoms with Gasteiger partial charge in [-0.2, -0.15) is 5.10 Å². The van der Waals surface area contributed by atoms with Crippen LogP contribution in [0.3, 0.4) is 0 Å². The van der Waals surface area contributed by atoms with Gasteiger partial charge in [0.1, 0.15) is 10.8 Å². The van der Waals surface area contributed by atoms with Crippen LogP contribution in [0.15, 0.2) is 41.9 Å². The van der Waals surface area contributed by atoms with Gasteiger partial charge in [-0.05, 0) is 49.7 Å². The summed E-state index contributed by atoms with van der Waals surface area (Å²) in [4.78, 5) is 7.43. The molecule has 1 fully saturated rings. The molecule has 3 heterocycles. The van der Waals surface area contributed by atoms with Gasteiger partial charge >= 0.3 is 0 Å². The Balaban J connectivity index is 1.51. The van der Waals surface area contributed by atoms with E-state index < -0.39 is 0 Å². The Labute approximate surface area is 158 Å². The molecule has 1 saturated heterocycles. The molecule has 0 bridgehead atoms. The number of hydrogen-bond donors (Lipinski definition) is 0. The van der Waals surface area contributed by atoms with Gasteiger partial charge in [-0.25, -0.2) is 4.98 Å². The average Bonchev–Trinajstić information content (AvgIpc) is 3.31. The summed E-state index contributed by atoms with van der Waals surface area (Å²) < 4.78 is 7.24. The van der Waals surface area contributed by atoms with Crippen molar-refractivity contribution in [3.05, 3.63) is 53.3 Å². The molecule has 136 valence electrons. The summed E-state index contributed by atoms with van der Waals surface area (Å²) in [6.07, 6.45) is 5.62. The second-order valence-electron chi connectivity index (χ2n) is 6.73. The van der Waals surface area contributed by atoms with Gasteiger partial charge in [0.15, 0.2) is 0 Å². The van der Waals surface area contributed by atoms with Crippen molar-refractivity contribution >= 4 is 11.3 Å². The summed E-state index contributed by atoms with van der Waals surface area (Å²) in [6, 6.07) is 10.7. The third kappa shape index (κ3) is 3.52. The summed E-state index contributed by atoms with van der Waals surface area (Å²) in [7, 11) is 3.72. The van der Waals surface area contributed by atoms with Crippen molar-refractivity contribution in [2.45, 2.75) is 31.8 Å². The van der Waals surface area contributed by atoms with Crippen LogP contribution in [0.2, 0.25) is 0 Å². The predicted molar refractivity (Wildman–Crippen MR) is 104 cm³/mol. The van der Waals surface area contributed by atoms with Crippen LogP contribution in [0.25, 0.3) is 10.6 Å². The predicted octanol–water partition coefficient (Wildman–Crippen LogP) is 4.28. The topological polar surface area (TPSA) is 43.2 Å². The Morgan fingerprint density at radius 1 is 1.19 bits per heavy atom. The van der Waals surface area contributed by atoms with E-state index in [1.54, 1.807) is 18.4 Å². The van der Waals surface area contributed by atoms with Crippen LogP contribution >= 0.6 is 11.3 Å². The summed E-state index contributed by atoms with van der Waals surface area (Å²) in [5, 5.41) is 7.61. The molecule has 26 heavy (non-hydrogen) atoms.